The van der Waals surface area contributed by atoms with Gasteiger partial charge in [-0.3, -0.25) is 4.79 Å². The SMILES string of the molecule is O=C(NCc1cn(-c2ccccc2)nc1-c1ccc(F)cc1)C1CCN(C(=O)Nc2ccccc2)CC1. The van der Waals surface area contributed by atoms with Crippen molar-refractivity contribution < 1.29 is 14.0 Å². The minimum absolute atomic E-state index is 0.0411. The van der Waals surface area contributed by atoms with Crippen molar-refractivity contribution in [2.45, 2.75) is 19.4 Å². The van der Waals surface area contributed by atoms with Crippen LogP contribution in [-0.4, -0.2) is 39.7 Å². The number of halogens is 1. The third kappa shape index (κ3) is 5.86. The summed E-state index contributed by atoms with van der Waals surface area (Å²) in [7, 11) is 0. The van der Waals surface area contributed by atoms with E-state index in [1.807, 2.05) is 66.9 Å². The lowest BCUT2D eigenvalue weighted by Crippen LogP contribution is -2.44. The van der Waals surface area contributed by atoms with Gasteiger partial charge in [-0.25, -0.2) is 13.9 Å². The minimum Gasteiger partial charge on any atom is -0.352 e. The summed E-state index contributed by atoms with van der Waals surface area (Å²) in [5, 5.41) is 10.7. The normalized spacial score (nSPS) is 13.8. The number of carbonyl (C=O) groups is 2. The molecule has 8 heteroatoms. The van der Waals surface area contributed by atoms with E-state index in [9.17, 15) is 14.0 Å². The van der Waals surface area contributed by atoms with Crippen LogP contribution in [0.2, 0.25) is 0 Å². The number of hydrogen-bond acceptors (Lipinski definition) is 3. The molecule has 1 saturated heterocycles. The number of piperidine rings is 1. The highest BCUT2D eigenvalue weighted by Crippen LogP contribution is 2.25. The largest absolute Gasteiger partial charge is 0.352 e. The number of rotatable bonds is 6. The number of aromatic nitrogens is 2. The zero-order valence-corrected chi connectivity index (χ0v) is 20.3. The summed E-state index contributed by atoms with van der Waals surface area (Å²) < 4.78 is 15.3. The molecule has 2 heterocycles. The molecule has 2 N–H and O–H groups in total. The lowest BCUT2D eigenvalue weighted by Gasteiger charge is -2.31. The number of amides is 3. The zero-order valence-electron chi connectivity index (χ0n) is 20.3. The number of para-hydroxylation sites is 2. The van der Waals surface area contributed by atoms with Gasteiger partial charge < -0.3 is 15.5 Å². The summed E-state index contributed by atoms with van der Waals surface area (Å²) in [5.74, 6) is -0.523. The van der Waals surface area contributed by atoms with E-state index in [4.69, 9.17) is 5.10 Å². The van der Waals surface area contributed by atoms with Crippen LogP contribution in [0.15, 0.2) is 91.1 Å². The number of benzene rings is 3. The monoisotopic (exact) mass is 497 g/mol. The van der Waals surface area contributed by atoms with Gasteiger partial charge in [0.2, 0.25) is 5.91 Å². The predicted molar refractivity (Wildman–Crippen MR) is 141 cm³/mol. The van der Waals surface area contributed by atoms with E-state index in [-0.39, 0.29) is 23.7 Å². The van der Waals surface area contributed by atoms with Crippen molar-refractivity contribution in [3.63, 3.8) is 0 Å². The fraction of sp³-hybridized carbons (Fsp3) is 0.207. The standard InChI is InChI=1S/C29H28FN5O2/c30-24-13-11-21(12-14-24)27-23(20-35(33-27)26-9-5-2-6-10-26)19-31-28(36)22-15-17-34(18-16-22)29(37)32-25-7-3-1-4-8-25/h1-14,20,22H,15-19H2,(H,31,36)(H,32,37). The van der Waals surface area contributed by atoms with E-state index < -0.39 is 0 Å². The van der Waals surface area contributed by atoms with Crippen molar-refractivity contribution in [3.05, 3.63) is 103 Å². The number of nitrogens with one attached hydrogen (secondary N) is 2. The van der Waals surface area contributed by atoms with Crippen molar-refractivity contribution in [1.29, 1.82) is 0 Å². The maximum Gasteiger partial charge on any atom is 0.321 e. The zero-order chi connectivity index (χ0) is 25.6. The number of carbonyl (C=O) groups excluding carboxylic acids is 2. The molecule has 37 heavy (non-hydrogen) atoms. The lowest BCUT2D eigenvalue weighted by atomic mass is 9.96. The number of anilines is 1. The molecule has 0 saturated carbocycles. The molecule has 0 unspecified atom stereocenters. The molecule has 0 radical (unpaired) electrons. The smallest absolute Gasteiger partial charge is 0.321 e. The van der Waals surface area contributed by atoms with E-state index in [2.05, 4.69) is 10.6 Å². The Balaban J connectivity index is 1.22. The Kier molecular flexibility index (Phi) is 7.26. The van der Waals surface area contributed by atoms with Gasteiger partial charge in [-0.05, 0) is 61.4 Å². The van der Waals surface area contributed by atoms with Gasteiger partial charge in [0.05, 0.1) is 11.4 Å². The van der Waals surface area contributed by atoms with Gasteiger partial charge >= 0.3 is 6.03 Å². The molecule has 0 bridgehead atoms. The van der Waals surface area contributed by atoms with Crippen molar-refractivity contribution in [1.82, 2.24) is 20.0 Å². The Morgan fingerprint density at radius 3 is 2.22 bits per heavy atom. The molecule has 1 fully saturated rings. The van der Waals surface area contributed by atoms with Crippen LogP contribution in [0.3, 0.4) is 0 Å². The average molecular weight is 498 g/mol. The number of nitrogens with zero attached hydrogens (tertiary/aromatic N) is 3. The Morgan fingerprint density at radius 2 is 1.54 bits per heavy atom. The highest BCUT2D eigenvalue weighted by atomic mass is 19.1. The Bertz CT molecular complexity index is 1350. The van der Waals surface area contributed by atoms with Crippen molar-refractivity contribution in [2.75, 3.05) is 18.4 Å². The lowest BCUT2D eigenvalue weighted by molar-refractivity contribution is -0.126. The molecule has 7 nitrogen and oxygen atoms in total. The second-order valence-corrected chi connectivity index (χ2v) is 9.07. The second kappa shape index (κ2) is 11.1. The third-order valence-electron chi connectivity index (χ3n) is 6.56. The van der Waals surface area contributed by atoms with Crippen LogP contribution in [0.25, 0.3) is 16.9 Å². The van der Waals surface area contributed by atoms with Gasteiger partial charge in [-0.1, -0.05) is 36.4 Å². The van der Waals surface area contributed by atoms with E-state index in [0.717, 1.165) is 22.5 Å². The van der Waals surface area contributed by atoms with Crippen LogP contribution in [0.1, 0.15) is 18.4 Å². The van der Waals surface area contributed by atoms with Crippen molar-refractivity contribution in [3.8, 4) is 16.9 Å². The van der Waals surface area contributed by atoms with Crippen molar-refractivity contribution >= 4 is 17.6 Å². The fourth-order valence-corrected chi connectivity index (χ4v) is 4.50. The molecule has 3 aromatic carbocycles. The number of urea groups is 1. The molecule has 1 aromatic heterocycles. The first-order chi connectivity index (χ1) is 18.1. The molecule has 0 atom stereocenters. The van der Waals surface area contributed by atoms with Gasteiger partial charge in [0.25, 0.3) is 0 Å². The molecule has 0 spiro atoms. The number of likely N-dealkylation sites (tertiary alicyclic amines) is 1. The predicted octanol–water partition coefficient (Wildman–Crippen LogP) is 5.24. The summed E-state index contributed by atoms with van der Waals surface area (Å²) in [5.41, 5.74) is 3.95. The first-order valence-corrected chi connectivity index (χ1v) is 12.4. The van der Waals surface area contributed by atoms with Crippen LogP contribution in [0, 0.1) is 11.7 Å². The molecule has 0 aliphatic carbocycles. The topological polar surface area (TPSA) is 79.3 Å². The van der Waals surface area contributed by atoms with Gasteiger partial charge in [0, 0.05) is 48.6 Å². The van der Waals surface area contributed by atoms with Gasteiger partial charge in [0.1, 0.15) is 5.82 Å². The van der Waals surface area contributed by atoms with E-state index in [1.165, 1.54) is 12.1 Å². The molecule has 1 aliphatic heterocycles. The molecule has 188 valence electrons. The second-order valence-electron chi connectivity index (χ2n) is 9.07. The quantitative estimate of drug-likeness (QED) is 0.382. The highest BCUT2D eigenvalue weighted by molar-refractivity contribution is 5.89. The van der Waals surface area contributed by atoms with Crippen LogP contribution in [0.4, 0.5) is 14.9 Å². The Hall–Kier alpha value is -4.46. The summed E-state index contributed by atoms with van der Waals surface area (Å²) in [4.78, 5) is 27.3. The minimum atomic E-state index is -0.315. The summed E-state index contributed by atoms with van der Waals surface area (Å²) >= 11 is 0. The van der Waals surface area contributed by atoms with Crippen LogP contribution in [0.5, 0.6) is 0 Å². The molecular weight excluding hydrogens is 469 g/mol. The average Bonchev–Trinajstić information content (AvgIpc) is 3.37. The summed E-state index contributed by atoms with van der Waals surface area (Å²) in [6.45, 7) is 1.33. The molecule has 3 amide bonds. The Morgan fingerprint density at radius 1 is 0.892 bits per heavy atom. The Labute approximate surface area is 214 Å². The third-order valence-corrected chi connectivity index (χ3v) is 6.56. The summed E-state index contributed by atoms with van der Waals surface area (Å²) in [6.07, 6.45) is 3.09. The molecule has 4 aromatic rings. The highest BCUT2D eigenvalue weighted by Gasteiger charge is 2.27. The van der Waals surface area contributed by atoms with Crippen LogP contribution < -0.4 is 10.6 Å². The van der Waals surface area contributed by atoms with Crippen LogP contribution in [-0.2, 0) is 11.3 Å². The van der Waals surface area contributed by atoms with E-state index >= 15 is 0 Å². The van der Waals surface area contributed by atoms with Gasteiger partial charge in [0.15, 0.2) is 0 Å². The first kappa shape index (κ1) is 24.2. The first-order valence-electron chi connectivity index (χ1n) is 12.4. The van der Waals surface area contributed by atoms with E-state index in [0.29, 0.717) is 38.2 Å². The maximum atomic E-state index is 13.5. The molecule has 5 rings (SSSR count). The molecule has 1 aliphatic rings. The van der Waals surface area contributed by atoms with E-state index in [1.54, 1.807) is 21.7 Å². The van der Waals surface area contributed by atoms with Gasteiger partial charge in [-0.15, -0.1) is 0 Å². The number of hydrogen-bond donors (Lipinski definition) is 2. The molecular formula is C29H28FN5O2. The van der Waals surface area contributed by atoms with Crippen LogP contribution >= 0.6 is 0 Å². The fourth-order valence-electron chi connectivity index (χ4n) is 4.50. The summed E-state index contributed by atoms with van der Waals surface area (Å²) in [6, 6.07) is 25.1. The van der Waals surface area contributed by atoms with Crippen molar-refractivity contribution in [2.24, 2.45) is 5.92 Å². The maximum absolute atomic E-state index is 13.5. The van der Waals surface area contributed by atoms with Gasteiger partial charge in [-0.2, -0.15) is 5.10 Å².